The largest absolute Gasteiger partial charge is 0.496 e. The maximum atomic E-state index is 5.44. The number of hydrogen-bond donors (Lipinski definition) is 0. The molecule has 0 aromatic heterocycles. The summed E-state index contributed by atoms with van der Waals surface area (Å²) in [5.41, 5.74) is 4.06. The highest BCUT2D eigenvalue weighted by atomic mass is 16.5. The van der Waals surface area contributed by atoms with Crippen LogP contribution in [0.3, 0.4) is 0 Å². The summed E-state index contributed by atoms with van der Waals surface area (Å²) in [5, 5.41) is 0. The second kappa shape index (κ2) is 4.32. The van der Waals surface area contributed by atoms with Crippen LogP contribution in [-0.4, -0.2) is 0 Å². The van der Waals surface area contributed by atoms with Gasteiger partial charge in [0.2, 0.25) is 0 Å². The first kappa shape index (κ1) is 9.32. The lowest BCUT2D eigenvalue weighted by Gasteiger charge is -2.17. The van der Waals surface area contributed by atoms with Crippen LogP contribution in [0.4, 0.5) is 0 Å². The van der Waals surface area contributed by atoms with Gasteiger partial charge in [-0.15, -0.1) is 0 Å². The number of unbranched alkanes of at least 4 members (excludes halogenated alkanes) is 1. The van der Waals surface area contributed by atoms with Crippen molar-refractivity contribution >= 4 is 5.57 Å². The number of hydrogen-bond acceptors (Lipinski definition) is 1. The van der Waals surface area contributed by atoms with E-state index in [2.05, 4.69) is 31.2 Å². The Hall–Kier alpha value is -1.24. The molecule has 0 atom stereocenters. The van der Waals surface area contributed by atoms with Crippen LogP contribution >= 0.6 is 0 Å². The van der Waals surface area contributed by atoms with Gasteiger partial charge in [0, 0.05) is 0 Å². The van der Waals surface area contributed by atoms with Gasteiger partial charge in [-0.25, -0.2) is 0 Å². The second-order valence-corrected chi connectivity index (χ2v) is 3.71. The van der Waals surface area contributed by atoms with Gasteiger partial charge < -0.3 is 4.74 Å². The minimum absolute atomic E-state index is 0.728. The highest BCUT2D eigenvalue weighted by Crippen LogP contribution is 2.28. The van der Waals surface area contributed by atoms with Crippen molar-refractivity contribution in [3.05, 3.63) is 41.7 Å². The van der Waals surface area contributed by atoms with Crippen LogP contribution in [-0.2, 0) is 11.3 Å². The quantitative estimate of drug-likeness (QED) is 0.702. The zero-order valence-corrected chi connectivity index (χ0v) is 8.62. The molecule has 1 aliphatic heterocycles. The summed E-state index contributed by atoms with van der Waals surface area (Å²) >= 11 is 0. The van der Waals surface area contributed by atoms with E-state index >= 15 is 0 Å². The smallest absolute Gasteiger partial charge is 0.113 e. The first-order valence-corrected chi connectivity index (χ1v) is 5.30. The molecule has 0 fully saturated rings. The molecule has 0 amide bonds. The molecule has 0 spiro atoms. The number of fused-ring (bicyclic) bond motifs is 1. The summed E-state index contributed by atoms with van der Waals surface area (Å²) in [5.74, 6) is 0. The molecule has 14 heavy (non-hydrogen) atoms. The predicted molar refractivity (Wildman–Crippen MR) is 58.7 cm³/mol. The van der Waals surface area contributed by atoms with Crippen molar-refractivity contribution in [3.8, 4) is 0 Å². The SMILES string of the molecule is CCCCC1=COCc2ccccc21. The maximum absolute atomic E-state index is 5.44. The number of allylic oxidation sites excluding steroid dienone is 1. The Labute approximate surface area is 85.4 Å². The summed E-state index contributed by atoms with van der Waals surface area (Å²) in [6, 6.07) is 8.52. The first-order chi connectivity index (χ1) is 6.92. The Bertz CT molecular complexity index is 339. The summed E-state index contributed by atoms with van der Waals surface area (Å²) in [6.45, 7) is 2.95. The van der Waals surface area contributed by atoms with E-state index in [-0.39, 0.29) is 0 Å². The van der Waals surface area contributed by atoms with E-state index in [0.717, 1.165) is 13.0 Å². The van der Waals surface area contributed by atoms with Crippen LogP contribution in [0.5, 0.6) is 0 Å². The molecule has 1 heteroatoms. The van der Waals surface area contributed by atoms with Crippen molar-refractivity contribution in [3.63, 3.8) is 0 Å². The molecule has 74 valence electrons. The molecule has 2 rings (SSSR count). The fourth-order valence-electron chi connectivity index (χ4n) is 1.82. The van der Waals surface area contributed by atoms with Crippen LogP contribution in [0.25, 0.3) is 5.57 Å². The van der Waals surface area contributed by atoms with Gasteiger partial charge in [-0.1, -0.05) is 37.6 Å². The standard InChI is InChI=1S/C13H16O/c1-2-3-6-11-9-14-10-12-7-4-5-8-13(11)12/h4-5,7-9H,2-3,6,10H2,1H3. The topological polar surface area (TPSA) is 9.23 Å². The van der Waals surface area contributed by atoms with Gasteiger partial charge >= 0.3 is 0 Å². The van der Waals surface area contributed by atoms with Crippen LogP contribution in [0.15, 0.2) is 30.5 Å². The molecule has 1 aliphatic rings. The molecule has 0 unspecified atom stereocenters. The molecule has 1 heterocycles. The zero-order chi connectivity index (χ0) is 9.80. The second-order valence-electron chi connectivity index (χ2n) is 3.71. The Morgan fingerprint density at radius 2 is 2.14 bits per heavy atom. The normalized spacial score (nSPS) is 14.2. The van der Waals surface area contributed by atoms with Gasteiger partial charge in [-0.2, -0.15) is 0 Å². The van der Waals surface area contributed by atoms with Crippen molar-refractivity contribution in [2.24, 2.45) is 0 Å². The molecule has 0 N–H and O–H groups in total. The Kier molecular flexibility index (Phi) is 2.87. The molecule has 0 bridgehead atoms. The van der Waals surface area contributed by atoms with Crippen LogP contribution in [0.2, 0.25) is 0 Å². The summed E-state index contributed by atoms with van der Waals surface area (Å²) in [6.07, 6.45) is 5.54. The van der Waals surface area contributed by atoms with Gasteiger partial charge in [0.05, 0.1) is 6.26 Å². The van der Waals surface area contributed by atoms with Gasteiger partial charge in [-0.3, -0.25) is 0 Å². The average Bonchev–Trinajstić information content (AvgIpc) is 2.26. The fourth-order valence-corrected chi connectivity index (χ4v) is 1.82. The van der Waals surface area contributed by atoms with Crippen LogP contribution in [0, 0.1) is 0 Å². The first-order valence-electron chi connectivity index (χ1n) is 5.30. The van der Waals surface area contributed by atoms with Crippen LogP contribution in [0.1, 0.15) is 37.3 Å². The van der Waals surface area contributed by atoms with E-state index in [4.69, 9.17) is 4.74 Å². The molecule has 0 saturated heterocycles. The van der Waals surface area contributed by atoms with E-state index in [9.17, 15) is 0 Å². The minimum atomic E-state index is 0.728. The maximum Gasteiger partial charge on any atom is 0.113 e. The third-order valence-electron chi connectivity index (χ3n) is 2.63. The summed E-state index contributed by atoms with van der Waals surface area (Å²) in [7, 11) is 0. The van der Waals surface area contributed by atoms with Gasteiger partial charge in [0.15, 0.2) is 0 Å². The van der Waals surface area contributed by atoms with E-state index in [1.807, 2.05) is 6.26 Å². The zero-order valence-electron chi connectivity index (χ0n) is 8.62. The molecule has 1 aromatic carbocycles. The summed E-state index contributed by atoms with van der Waals surface area (Å²) in [4.78, 5) is 0. The van der Waals surface area contributed by atoms with Crippen molar-refractivity contribution in [2.75, 3.05) is 0 Å². The third kappa shape index (κ3) is 1.82. The number of benzene rings is 1. The van der Waals surface area contributed by atoms with Gasteiger partial charge in [0.1, 0.15) is 6.61 Å². The Balaban J connectivity index is 2.22. The number of ether oxygens (including phenoxy) is 1. The molecule has 0 aliphatic carbocycles. The van der Waals surface area contributed by atoms with E-state index in [0.29, 0.717) is 0 Å². The lowest BCUT2D eigenvalue weighted by atomic mass is 9.96. The molecule has 1 aromatic rings. The average molecular weight is 188 g/mol. The van der Waals surface area contributed by atoms with Crippen molar-refractivity contribution < 1.29 is 4.74 Å². The lowest BCUT2D eigenvalue weighted by Crippen LogP contribution is -2.01. The highest BCUT2D eigenvalue weighted by Gasteiger charge is 2.11. The predicted octanol–water partition coefficient (Wildman–Crippen LogP) is 3.75. The number of rotatable bonds is 3. The van der Waals surface area contributed by atoms with E-state index in [1.165, 1.54) is 29.5 Å². The van der Waals surface area contributed by atoms with E-state index < -0.39 is 0 Å². The third-order valence-corrected chi connectivity index (χ3v) is 2.63. The minimum Gasteiger partial charge on any atom is -0.496 e. The van der Waals surface area contributed by atoms with Gasteiger partial charge in [0.25, 0.3) is 0 Å². The molecule has 0 radical (unpaired) electrons. The summed E-state index contributed by atoms with van der Waals surface area (Å²) < 4.78 is 5.44. The van der Waals surface area contributed by atoms with E-state index in [1.54, 1.807) is 0 Å². The lowest BCUT2D eigenvalue weighted by molar-refractivity contribution is 0.232. The van der Waals surface area contributed by atoms with Gasteiger partial charge in [-0.05, 0) is 29.5 Å². The monoisotopic (exact) mass is 188 g/mol. The van der Waals surface area contributed by atoms with Crippen LogP contribution < -0.4 is 0 Å². The van der Waals surface area contributed by atoms with Crippen molar-refractivity contribution in [1.29, 1.82) is 0 Å². The fraction of sp³-hybridized carbons (Fsp3) is 0.385. The molecule has 1 nitrogen and oxygen atoms in total. The molecular formula is C13H16O. The van der Waals surface area contributed by atoms with Crippen molar-refractivity contribution in [2.45, 2.75) is 32.8 Å². The Morgan fingerprint density at radius 3 is 3.00 bits per heavy atom. The Morgan fingerprint density at radius 1 is 1.29 bits per heavy atom. The molecular weight excluding hydrogens is 172 g/mol. The highest BCUT2D eigenvalue weighted by molar-refractivity contribution is 5.68. The molecule has 0 saturated carbocycles. The van der Waals surface area contributed by atoms with Crippen molar-refractivity contribution in [1.82, 2.24) is 0 Å².